The number of carbonyl (C=O) groups excluding carboxylic acids is 3. The van der Waals surface area contributed by atoms with Crippen LogP contribution >= 0.6 is 0 Å². The summed E-state index contributed by atoms with van der Waals surface area (Å²) in [4.78, 5) is 50.6. The summed E-state index contributed by atoms with van der Waals surface area (Å²) in [5.74, 6) is -1.55. The molecule has 1 saturated heterocycles. The average molecular weight is 805 g/mol. The topological polar surface area (TPSA) is 128 Å². The van der Waals surface area contributed by atoms with E-state index in [4.69, 9.17) is 9.72 Å². The summed E-state index contributed by atoms with van der Waals surface area (Å²) >= 11 is 0. The Morgan fingerprint density at radius 3 is 2.45 bits per heavy atom. The monoisotopic (exact) mass is 804 g/mol. The minimum Gasteiger partial charge on any atom is -0.459 e. The van der Waals surface area contributed by atoms with Gasteiger partial charge < -0.3 is 9.64 Å². The van der Waals surface area contributed by atoms with Gasteiger partial charge in [-0.2, -0.15) is 4.98 Å². The maximum Gasteiger partial charge on any atom is 0.297 e. The maximum atomic E-state index is 14.9. The van der Waals surface area contributed by atoms with Crippen molar-refractivity contribution in [3.05, 3.63) is 96.1 Å². The van der Waals surface area contributed by atoms with Gasteiger partial charge in [0.2, 0.25) is 21.8 Å². The number of sulfonamides is 1. The van der Waals surface area contributed by atoms with Gasteiger partial charge in [0, 0.05) is 30.4 Å². The minimum atomic E-state index is -3.91. The molecule has 0 bridgehead atoms. The molecule has 2 aliphatic heterocycles. The molecule has 2 amide bonds. The first-order valence-electron chi connectivity index (χ1n) is 21.1. The third kappa shape index (κ3) is 7.74. The second kappa shape index (κ2) is 15.8. The maximum absolute atomic E-state index is 14.9. The molecule has 2 aliphatic carbocycles. The molecule has 2 saturated carbocycles. The largest absolute Gasteiger partial charge is 0.459 e. The van der Waals surface area contributed by atoms with E-state index in [1.54, 1.807) is 11.8 Å². The van der Waals surface area contributed by atoms with Crippen molar-refractivity contribution in [1.82, 2.24) is 19.2 Å². The van der Waals surface area contributed by atoms with Gasteiger partial charge >= 0.3 is 0 Å². The smallest absolute Gasteiger partial charge is 0.297 e. The third-order valence-electron chi connectivity index (χ3n) is 13.2. The number of hydrogen-bond acceptors (Lipinski definition) is 7. The Balaban J connectivity index is 1.14. The number of hydrogen-bond donors (Lipinski definition) is 1. The zero-order chi connectivity index (χ0) is 40.8. The minimum absolute atomic E-state index is 0.00454. The van der Waals surface area contributed by atoms with Crippen molar-refractivity contribution in [3.63, 3.8) is 0 Å². The number of allylic oxidation sites excluding steroid dienone is 2. The molecule has 0 radical (unpaired) electrons. The quantitative estimate of drug-likeness (QED) is 0.169. The number of nitrogens with zero attached hydrogens (tertiary/aromatic N) is 3. The molecule has 0 spiro atoms. The zero-order valence-electron chi connectivity index (χ0n) is 34.2. The Morgan fingerprint density at radius 1 is 0.966 bits per heavy atom. The number of rotatable bonds is 9. The van der Waals surface area contributed by atoms with Crippen molar-refractivity contribution in [2.75, 3.05) is 6.54 Å². The van der Waals surface area contributed by atoms with Gasteiger partial charge in [-0.15, -0.1) is 0 Å². The van der Waals surface area contributed by atoms with Crippen LogP contribution in [0.3, 0.4) is 0 Å². The van der Waals surface area contributed by atoms with Gasteiger partial charge in [0.15, 0.2) is 5.78 Å². The number of amides is 2. The Morgan fingerprint density at radius 2 is 1.71 bits per heavy atom. The summed E-state index contributed by atoms with van der Waals surface area (Å²) < 4.78 is 36.9. The predicted octanol–water partition coefficient (Wildman–Crippen LogP) is 8.28. The molecule has 58 heavy (non-hydrogen) atoms. The molecule has 11 heteroatoms. The van der Waals surface area contributed by atoms with E-state index < -0.39 is 38.2 Å². The van der Waals surface area contributed by atoms with E-state index in [1.807, 2.05) is 60.7 Å². The Kier molecular flexibility index (Phi) is 10.9. The number of aryl methyl sites for hydroxylation is 1. The van der Waals surface area contributed by atoms with Crippen LogP contribution < -0.4 is 9.46 Å². The van der Waals surface area contributed by atoms with Gasteiger partial charge in [-0.3, -0.25) is 23.7 Å². The number of para-hydroxylation sites is 1. The summed E-state index contributed by atoms with van der Waals surface area (Å²) in [5, 5.41) is 0. The van der Waals surface area contributed by atoms with Crippen LogP contribution in [-0.4, -0.2) is 63.9 Å². The highest BCUT2D eigenvalue weighted by Crippen LogP contribution is 2.57. The number of fused-ring (bicyclic) bond motifs is 3. The van der Waals surface area contributed by atoms with Crippen molar-refractivity contribution in [2.24, 2.45) is 17.3 Å². The lowest BCUT2D eigenvalue weighted by Crippen LogP contribution is -2.47. The fourth-order valence-electron chi connectivity index (χ4n) is 9.24. The number of nitrogens with one attached hydrogen (secondary N) is 1. The lowest BCUT2D eigenvalue weighted by atomic mass is 9.90. The van der Waals surface area contributed by atoms with Gasteiger partial charge in [-0.05, 0) is 101 Å². The fraction of sp³-hybridized carbons (Fsp3) is 0.489. The molecular weight excluding hydrogens is 749 g/mol. The molecule has 3 heterocycles. The van der Waals surface area contributed by atoms with Crippen molar-refractivity contribution in [1.29, 1.82) is 0 Å². The molecule has 8 rings (SSSR count). The van der Waals surface area contributed by atoms with Crippen molar-refractivity contribution >= 4 is 38.7 Å². The molecule has 3 fully saturated rings. The van der Waals surface area contributed by atoms with Crippen LogP contribution in [0.25, 0.3) is 22.2 Å². The van der Waals surface area contributed by atoms with Crippen LogP contribution in [0, 0.1) is 24.2 Å². The number of Topliss-reactive ketones (excluding diaryl/α,β-unsaturated/α-hetero) is 1. The predicted molar refractivity (Wildman–Crippen MR) is 226 cm³/mol. The van der Waals surface area contributed by atoms with E-state index >= 15 is 0 Å². The van der Waals surface area contributed by atoms with E-state index in [0.717, 1.165) is 59.0 Å². The number of benzene rings is 3. The number of aromatic nitrogens is 2. The molecule has 306 valence electrons. The van der Waals surface area contributed by atoms with Crippen molar-refractivity contribution in [3.8, 4) is 17.1 Å². The molecule has 1 N–H and O–H groups in total. The van der Waals surface area contributed by atoms with Crippen LogP contribution in [0.1, 0.15) is 102 Å². The van der Waals surface area contributed by atoms with Gasteiger partial charge in [-0.25, -0.2) is 8.42 Å². The molecule has 5 atom stereocenters. The second-order valence-corrected chi connectivity index (χ2v) is 20.0. The molecule has 10 nitrogen and oxygen atoms in total. The number of imidazole rings is 1. The second-order valence-electron chi connectivity index (χ2n) is 17.8. The number of ketones is 1. The molecule has 0 unspecified atom stereocenters. The van der Waals surface area contributed by atoms with Crippen molar-refractivity contribution < 1.29 is 27.5 Å². The van der Waals surface area contributed by atoms with Crippen LogP contribution in [0.4, 0.5) is 0 Å². The summed E-state index contributed by atoms with van der Waals surface area (Å²) in [7, 11) is -3.91. The normalized spacial score (nSPS) is 26.7. The third-order valence-corrected chi connectivity index (χ3v) is 15.4. The Bertz CT molecular complexity index is 2350. The van der Waals surface area contributed by atoms with E-state index in [0.29, 0.717) is 38.1 Å². The summed E-state index contributed by atoms with van der Waals surface area (Å²) in [6, 6.07) is 24.0. The highest BCUT2D eigenvalue weighted by atomic mass is 32.2. The number of carbonyl (C=O) groups is 3. The zero-order valence-corrected chi connectivity index (χ0v) is 35.0. The summed E-state index contributed by atoms with van der Waals surface area (Å²) in [6.45, 7) is 8.11. The first-order chi connectivity index (χ1) is 27.8. The van der Waals surface area contributed by atoms with Gasteiger partial charge in [-0.1, -0.05) is 91.7 Å². The lowest BCUT2D eigenvalue weighted by molar-refractivity contribution is -0.142. The highest BCUT2D eigenvalue weighted by molar-refractivity contribution is 7.91. The summed E-state index contributed by atoms with van der Waals surface area (Å²) in [6.07, 6.45) is 9.80. The summed E-state index contributed by atoms with van der Waals surface area (Å²) in [5.41, 5.74) is 4.85. The molecule has 4 aliphatic rings. The Hall–Kier alpha value is -4.77. The first-order valence-corrected chi connectivity index (χ1v) is 22.6. The van der Waals surface area contributed by atoms with Crippen LogP contribution in [0.15, 0.2) is 84.9 Å². The lowest BCUT2D eigenvalue weighted by Gasteiger charge is -2.29. The fourth-order valence-corrected chi connectivity index (χ4v) is 10.6. The molecular formula is C47H56N4O6S. The molecule has 3 aromatic carbocycles. The standard InChI is InChI=1S/C47H56N4O6S/c1-31(2)51-39-23-15-22-38(37-21-14-13-16-32(37)3)42(39)48-45(51)57-36-27-40-41(52)29-47(44(54)49-58(55,56)46(4)24-25-46)28-35(47)20-12-7-5-6-11-19-34(43(53)50(40)30-36)26-33-17-9-8-10-18-33/h8-10,12-18,20-23,31,34-36,40H,5-7,11,19,24-30H2,1-4H3,(H,49,54)/b20-12-/t34-,35+,36-,40+,47-/m1/s1. The highest BCUT2D eigenvalue weighted by Gasteiger charge is 2.62. The molecule has 1 aromatic heterocycles. The van der Waals surface area contributed by atoms with Crippen LogP contribution in [0.5, 0.6) is 6.01 Å². The Labute approximate surface area is 342 Å². The van der Waals surface area contributed by atoms with E-state index in [-0.39, 0.29) is 49.0 Å². The van der Waals surface area contributed by atoms with E-state index in [1.165, 1.54) is 0 Å². The van der Waals surface area contributed by atoms with Crippen LogP contribution in [-0.2, 0) is 30.8 Å². The van der Waals surface area contributed by atoms with Crippen molar-refractivity contribution in [2.45, 2.75) is 121 Å². The van der Waals surface area contributed by atoms with Gasteiger partial charge in [0.05, 0.1) is 28.3 Å². The van der Waals surface area contributed by atoms with Gasteiger partial charge in [0.1, 0.15) is 11.6 Å². The SMILES string of the molecule is Cc1ccccc1-c1cccc2c1nc(O[C@@H]1C[C@H]3C(=O)C[C@]4(C(=O)NS(=O)(=O)C5(C)CC5)C[C@@H]4/C=C\CCCCC[C@H](Cc4ccccc4)C(=O)N3C1)n2C(C)C. The number of ether oxygens (including phenoxy) is 1. The molecule has 4 aromatic rings. The first kappa shape index (κ1) is 40.0. The van der Waals surface area contributed by atoms with E-state index in [9.17, 15) is 22.8 Å². The average Bonchev–Trinajstić information content (AvgIpc) is 4.02. The van der Waals surface area contributed by atoms with E-state index in [2.05, 4.69) is 54.3 Å². The van der Waals surface area contributed by atoms with Gasteiger partial charge in [0.25, 0.3) is 6.01 Å². The van der Waals surface area contributed by atoms with Crippen LogP contribution in [0.2, 0.25) is 0 Å².